The number of thiophene rings is 1. The van der Waals surface area contributed by atoms with E-state index >= 15 is 0 Å². The van der Waals surface area contributed by atoms with Crippen LogP contribution in [0, 0.1) is 0 Å². The molecule has 158 valence electrons. The Morgan fingerprint density at radius 2 is 1.39 bits per heavy atom. The standard InChI is InChI=1S/C30H20ClNS/c31-27-12-7-13-29-30(27)26-20-25(18-19-28(26)33-29)32(23-10-5-2-6-11-23)24-16-14-22(15-17-24)21-8-3-1-4-9-21/h1-20H/i1D,3D,4D,8D,9D,14D,15D,16D,17D. The van der Waals surface area contributed by atoms with E-state index in [0.29, 0.717) is 16.4 Å². The number of anilines is 3. The van der Waals surface area contributed by atoms with E-state index in [1.807, 2.05) is 42.5 Å². The van der Waals surface area contributed by atoms with Crippen LogP contribution in [0.2, 0.25) is 5.02 Å². The number of hydrogen-bond acceptors (Lipinski definition) is 2. The zero-order valence-electron chi connectivity index (χ0n) is 26.1. The van der Waals surface area contributed by atoms with E-state index < -0.39 is 54.4 Å². The molecule has 0 aliphatic carbocycles. The third-order valence-electron chi connectivity index (χ3n) is 5.29. The van der Waals surface area contributed by atoms with Crippen LogP contribution in [-0.4, -0.2) is 0 Å². The summed E-state index contributed by atoms with van der Waals surface area (Å²) in [5, 5.41) is 2.35. The van der Waals surface area contributed by atoms with Crippen LogP contribution < -0.4 is 4.90 Å². The maximum Gasteiger partial charge on any atom is 0.0645 e. The van der Waals surface area contributed by atoms with Gasteiger partial charge in [-0.05, 0) is 65.7 Å². The minimum absolute atomic E-state index is 0.0442. The van der Waals surface area contributed by atoms with Gasteiger partial charge in [-0.3, -0.25) is 0 Å². The fraction of sp³-hybridized carbons (Fsp3) is 0. The highest BCUT2D eigenvalue weighted by Crippen LogP contribution is 2.42. The Balaban J connectivity index is 1.66. The molecule has 0 amide bonds. The van der Waals surface area contributed by atoms with E-state index in [4.69, 9.17) is 23.9 Å². The summed E-state index contributed by atoms with van der Waals surface area (Å²) in [4.78, 5) is 1.63. The van der Waals surface area contributed by atoms with Crippen molar-refractivity contribution in [2.75, 3.05) is 4.90 Å². The predicted octanol–water partition coefficient (Wildman–Crippen LogP) is 9.84. The molecule has 0 aliphatic heterocycles. The van der Waals surface area contributed by atoms with Gasteiger partial charge in [0.05, 0.1) is 12.3 Å². The second kappa shape index (κ2) is 8.40. The van der Waals surface area contributed by atoms with E-state index in [0.717, 1.165) is 20.2 Å². The summed E-state index contributed by atoms with van der Waals surface area (Å²) in [6.07, 6.45) is 0. The normalized spacial score (nSPS) is 15.0. The first kappa shape index (κ1) is 12.6. The minimum atomic E-state index is -0.618. The van der Waals surface area contributed by atoms with Crippen LogP contribution in [0.3, 0.4) is 0 Å². The second-order valence-corrected chi connectivity index (χ2v) is 8.78. The first-order valence-electron chi connectivity index (χ1n) is 14.7. The molecule has 0 saturated carbocycles. The average molecular weight is 471 g/mol. The quantitative estimate of drug-likeness (QED) is 0.247. The second-order valence-electron chi connectivity index (χ2n) is 7.29. The Kier molecular flexibility index (Phi) is 3.21. The molecule has 0 bridgehead atoms. The highest BCUT2D eigenvalue weighted by atomic mass is 35.5. The molecule has 6 rings (SSSR count). The number of para-hydroxylation sites is 1. The number of hydrogen-bond donors (Lipinski definition) is 0. The molecule has 1 heterocycles. The molecule has 1 aromatic heterocycles. The van der Waals surface area contributed by atoms with Crippen LogP contribution in [0.5, 0.6) is 0 Å². The van der Waals surface area contributed by atoms with Crippen molar-refractivity contribution in [2.24, 2.45) is 0 Å². The van der Waals surface area contributed by atoms with Crippen molar-refractivity contribution in [3.05, 3.63) is 126 Å². The van der Waals surface area contributed by atoms with Gasteiger partial charge >= 0.3 is 0 Å². The Bertz CT molecular complexity index is 2000. The van der Waals surface area contributed by atoms with Crippen LogP contribution in [0.4, 0.5) is 17.1 Å². The Morgan fingerprint density at radius 3 is 2.18 bits per heavy atom. The van der Waals surface area contributed by atoms with Crippen molar-refractivity contribution in [1.29, 1.82) is 0 Å². The summed E-state index contributed by atoms with van der Waals surface area (Å²) in [5.41, 5.74) is 0.377. The van der Waals surface area contributed by atoms with E-state index in [1.165, 1.54) is 0 Å². The average Bonchev–Trinajstić information content (AvgIpc) is 3.37. The zero-order chi connectivity index (χ0) is 30.0. The van der Waals surface area contributed by atoms with Crippen LogP contribution in [-0.2, 0) is 0 Å². The van der Waals surface area contributed by atoms with Crippen molar-refractivity contribution in [1.82, 2.24) is 0 Å². The molecule has 6 aromatic rings. The third-order valence-corrected chi connectivity index (χ3v) is 6.74. The summed E-state index contributed by atoms with van der Waals surface area (Å²) in [5.74, 6) is 0. The van der Waals surface area contributed by atoms with Crippen LogP contribution in [0.1, 0.15) is 12.3 Å². The summed E-state index contributed by atoms with van der Waals surface area (Å²) in [6.45, 7) is 0. The summed E-state index contributed by atoms with van der Waals surface area (Å²) in [6, 6.07) is 15.5. The number of nitrogens with zero attached hydrogens (tertiary/aromatic N) is 1. The molecule has 0 unspecified atom stereocenters. The number of benzene rings is 5. The fourth-order valence-electron chi connectivity index (χ4n) is 3.81. The largest absolute Gasteiger partial charge is 0.310 e. The van der Waals surface area contributed by atoms with Crippen molar-refractivity contribution in [3.8, 4) is 11.1 Å². The van der Waals surface area contributed by atoms with Crippen LogP contribution >= 0.6 is 22.9 Å². The molecule has 0 saturated heterocycles. The molecular formula is C30H20ClNS. The van der Waals surface area contributed by atoms with Gasteiger partial charge in [-0.2, -0.15) is 0 Å². The van der Waals surface area contributed by atoms with Crippen LogP contribution in [0.15, 0.2) is 121 Å². The third kappa shape index (κ3) is 3.68. The molecule has 3 heteroatoms. The maximum atomic E-state index is 9.04. The number of rotatable bonds is 4. The smallest absolute Gasteiger partial charge is 0.0645 e. The van der Waals surface area contributed by atoms with Gasteiger partial charge in [0.15, 0.2) is 0 Å². The maximum absolute atomic E-state index is 9.04. The first-order valence-corrected chi connectivity index (χ1v) is 11.4. The molecule has 1 nitrogen and oxygen atoms in total. The summed E-state index contributed by atoms with van der Waals surface area (Å²) in [7, 11) is 0. The molecule has 0 radical (unpaired) electrons. The number of halogens is 1. The van der Waals surface area contributed by atoms with E-state index in [9.17, 15) is 0 Å². The van der Waals surface area contributed by atoms with Gasteiger partial charge in [-0.25, -0.2) is 0 Å². The van der Waals surface area contributed by atoms with Crippen molar-refractivity contribution in [2.45, 2.75) is 0 Å². The van der Waals surface area contributed by atoms with Gasteiger partial charge in [-0.15, -0.1) is 11.3 Å². The lowest BCUT2D eigenvalue weighted by Crippen LogP contribution is -2.09. The fourth-order valence-corrected chi connectivity index (χ4v) is 5.26. The van der Waals surface area contributed by atoms with E-state index in [-0.39, 0.29) is 16.8 Å². The lowest BCUT2D eigenvalue weighted by atomic mass is 10.0. The van der Waals surface area contributed by atoms with Gasteiger partial charge in [0.25, 0.3) is 0 Å². The molecule has 0 aliphatic rings. The minimum Gasteiger partial charge on any atom is -0.310 e. The number of fused-ring (bicyclic) bond motifs is 3. The van der Waals surface area contributed by atoms with E-state index in [1.54, 1.807) is 40.5 Å². The molecular weight excluding hydrogens is 442 g/mol. The van der Waals surface area contributed by atoms with Crippen LogP contribution in [0.25, 0.3) is 31.3 Å². The van der Waals surface area contributed by atoms with Gasteiger partial charge in [0.2, 0.25) is 0 Å². The van der Waals surface area contributed by atoms with Gasteiger partial charge in [-0.1, -0.05) is 78.2 Å². The Labute approximate surface area is 214 Å². The summed E-state index contributed by atoms with van der Waals surface area (Å²) >= 11 is 8.17. The molecule has 0 N–H and O–H groups in total. The molecule has 5 aromatic carbocycles. The monoisotopic (exact) mass is 470 g/mol. The highest BCUT2D eigenvalue weighted by molar-refractivity contribution is 7.26. The zero-order valence-corrected chi connectivity index (χ0v) is 18.7. The van der Waals surface area contributed by atoms with Gasteiger partial charge in [0, 0.05) is 42.3 Å². The lowest BCUT2D eigenvalue weighted by Gasteiger charge is -2.26. The molecule has 0 fully saturated rings. The molecule has 0 spiro atoms. The van der Waals surface area contributed by atoms with Gasteiger partial charge < -0.3 is 4.90 Å². The molecule has 0 atom stereocenters. The van der Waals surface area contributed by atoms with Crippen molar-refractivity contribution >= 4 is 60.2 Å². The first-order chi connectivity index (χ1) is 20.0. The Morgan fingerprint density at radius 1 is 0.636 bits per heavy atom. The molecule has 33 heavy (non-hydrogen) atoms. The lowest BCUT2D eigenvalue weighted by molar-refractivity contribution is 1.29. The topological polar surface area (TPSA) is 3.24 Å². The highest BCUT2D eigenvalue weighted by Gasteiger charge is 2.15. The van der Waals surface area contributed by atoms with Crippen molar-refractivity contribution < 1.29 is 12.3 Å². The summed E-state index contributed by atoms with van der Waals surface area (Å²) < 4.78 is 78.6. The van der Waals surface area contributed by atoms with Gasteiger partial charge in [0.1, 0.15) is 0 Å². The SMILES string of the molecule is [2H]c1c([2H])c([2H])c(-c2c([2H])c([2H])c(N(c3ccccc3)c3ccc4sc5cccc(Cl)c5c4c3)c([2H])c2[2H])c([2H])c1[2H]. The Hall–Kier alpha value is -3.59. The van der Waals surface area contributed by atoms with E-state index in [2.05, 4.69) is 0 Å². The predicted molar refractivity (Wildman–Crippen MR) is 144 cm³/mol. The van der Waals surface area contributed by atoms with Crippen molar-refractivity contribution in [3.63, 3.8) is 0 Å².